The number of anilines is 1. The van der Waals surface area contributed by atoms with Crippen LogP contribution < -0.4 is 10.6 Å². The Hall–Kier alpha value is -1.88. The fraction of sp³-hybridized carbons (Fsp3) is 0.529. The number of carbonyl (C=O) groups excluding carboxylic acids is 2. The van der Waals surface area contributed by atoms with Crippen molar-refractivity contribution in [2.24, 2.45) is 5.92 Å². The Morgan fingerprint density at radius 1 is 1.36 bits per heavy atom. The van der Waals surface area contributed by atoms with Crippen LogP contribution in [0, 0.1) is 5.92 Å². The first-order valence-electron chi connectivity index (χ1n) is 7.91. The SMILES string of the molecule is CCC(CC)C(O)CNC(=O)C1CC(=O)Nc2ccccc21. The normalized spacial score (nSPS) is 18.5. The molecule has 1 heterocycles. The van der Waals surface area contributed by atoms with Crippen LogP contribution in [0.3, 0.4) is 0 Å². The Morgan fingerprint density at radius 3 is 2.73 bits per heavy atom. The molecule has 2 amide bonds. The maximum absolute atomic E-state index is 12.4. The van der Waals surface area contributed by atoms with Crippen molar-refractivity contribution in [3.05, 3.63) is 29.8 Å². The van der Waals surface area contributed by atoms with Gasteiger partial charge in [-0.2, -0.15) is 0 Å². The highest BCUT2D eigenvalue weighted by Gasteiger charge is 2.30. The number of fused-ring (bicyclic) bond motifs is 1. The van der Waals surface area contributed by atoms with Gasteiger partial charge >= 0.3 is 0 Å². The Bertz CT molecular complexity index is 540. The number of carbonyl (C=O) groups is 2. The van der Waals surface area contributed by atoms with Gasteiger partial charge in [-0.1, -0.05) is 44.9 Å². The predicted molar refractivity (Wildman–Crippen MR) is 85.5 cm³/mol. The van der Waals surface area contributed by atoms with Gasteiger partial charge in [-0.25, -0.2) is 0 Å². The van der Waals surface area contributed by atoms with Crippen LogP contribution in [-0.2, 0) is 9.59 Å². The van der Waals surface area contributed by atoms with E-state index in [-0.39, 0.29) is 30.7 Å². The Kier molecular flexibility index (Phi) is 5.55. The molecule has 1 aliphatic heterocycles. The Balaban J connectivity index is 2.02. The van der Waals surface area contributed by atoms with Crippen LogP contribution in [0.25, 0.3) is 0 Å². The summed E-state index contributed by atoms with van der Waals surface area (Å²) in [6.45, 7) is 4.29. The van der Waals surface area contributed by atoms with Crippen LogP contribution in [0.15, 0.2) is 24.3 Å². The van der Waals surface area contributed by atoms with Gasteiger partial charge in [-0.15, -0.1) is 0 Å². The predicted octanol–water partition coefficient (Wildman–Crippen LogP) is 2.03. The average molecular weight is 304 g/mol. The zero-order valence-electron chi connectivity index (χ0n) is 13.1. The molecule has 3 N–H and O–H groups in total. The molecule has 1 aliphatic rings. The van der Waals surface area contributed by atoms with Gasteiger partial charge in [0, 0.05) is 18.7 Å². The standard InChI is InChI=1S/C17H24N2O3/c1-3-11(4-2)15(20)10-18-17(22)13-9-16(21)19-14-8-6-5-7-12(13)14/h5-8,11,13,15,20H,3-4,9-10H2,1-2H3,(H,18,22)(H,19,21). The van der Waals surface area contributed by atoms with Crippen LogP contribution in [0.5, 0.6) is 0 Å². The van der Waals surface area contributed by atoms with Gasteiger partial charge in [0.1, 0.15) is 0 Å². The highest BCUT2D eigenvalue weighted by Crippen LogP contribution is 2.31. The van der Waals surface area contributed by atoms with Crippen LogP contribution in [0.1, 0.15) is 44.6 Å². The number of hydrogen-bond donors (Lipinski definition) is 3. The summed E-state index contributed by atoms with van der Waals surface area (Å²) in [6.07, 6.45) is 1.35. The second-order valence-electron chi connectivity index (χ2n) is 5.78. The largest absolute Gasteiger partial charge is 0.391 e. The summed E-state index contributed by atoms with van der Waals surface area (Å²) >= 11 is 0. The molecule has 0 aromatic heterocycles. The smallest absolute Gasteiger partial charge is 0.228 e. The van der Waals surface area contributed by atoms with Gasteiger partial charge < -0.3 is 15.7 Å². The molecule has 2 unspecified atom stereocenters. The molecule has 1 aromatic rings. The topological polar surface area (TPSA) is 78.4 Å². The van der Waals surface area contributed by atoms with Crippen molar-refractivity contribution in [2.75, 3.05) is 11.9 Å². The molecule has 0 bridgehead atoms. The highest BCUT2D eigenvalue weighted by atomic mass is 16.3. The van der Waals surface area contributed by atoms with E-state index in [0.29, 0.717) is 5.69 Å². The molecule has 5 heteroatoms. The van der Waals surface area contributed by atoms with Crippen LogP contribution in [-0.4, -0.2) is 29.6 Å². The third kappa shape index (κ3) is 3.65. The zero-order valence-corrected chi connectivity index (χ0v) is 13.1. The summed E-state index contributed by atoms with van der Waals surface area (Å²) in [6, 6.07) is 7.34. The maximum atomic E-state index is 12.4. The van der Waals surface area contributed by atoms with Gasteiger partial charge in [-0.3, -0.25) is 9.59 Å². The summed E-state index contributed by atoms with van der Waals surface area (Å²) < 4.78 is 0. The number of hydrogen-bond acceptors (Lipinski definition) is 3. The minimum Gasteiger partial charge on any atom is -0.391 e. The van der Waals surface area contributed by atoms with E-state index in [2.05, 4.69) is 10.6 Å². The number of benzene rings is 1. The van der Waals surface area contributed by atoms with Crippen LogP contribution >= 0.6 is 0 Å². The Labute approximate surface area is 131 Å². The van der Waals surface area contributed by atoms with Crippen molar-refractivity contribution in [2.45, 2.75) is 45.1 Å². The molecule has 22 heavy (non-hydrogen) atoms. The molecular weight excluding hydrogens is 280 g/mol. The molecule has 2 rings (SSSR count). The molecular formula is C17H24N2O3. The van der Waals surface area contributed by atoms with Gasteiger partial charge in [-0.05, 0) is 17.5 Å². The molecule has 2 atom stereocenters. The summed E-state index contributed by atoms with van der Waals surface area (Å²) in [5.41, 5.74) is 1.52. The molecule has 0 spiro atoms. The van der Waals surface area contributed by atoms with E-state index < -0.39 is 12.0 Å². The van der Waals surface area contributed by atoms with E-state index in [1.54, 1.807) is 6.07 Å². The molecule has 5 nitrogen and oxygen atoms in total. The summed E-state index contributed by atoms with van der Waals surface area (Å²) in [5, 5.41) is 15.7. The lowest BCUT2D eigenvalue weighted by Crippen LogP contribution is -2.40. The first-order valence-corrected chi connectivity index (χ1v) is 7.91. The molecule has 0 saturated heterocycles. The van der Waals surface area contributed by atoms with Crippen LogP contribution in [0.2, 0.25) is 0 Å². The number of nitrogens with one attached hydrogen (secondary N) is 2. The minimum atomic E-state index is -0.549. The zero-order chi connectivity index (χ0) is 16.1. The van der Waals surface area contributed by atoms with Crippen LogP contribution in [0.4, 0.5) is 5.69 Å². The number of aliphatic hydroxyl groups excluding tert-OH is 1. The van der Waals surface area contributed by atoms with E-state index in [1.807, 2.05) is 32.0 Å². The molecule has 120 valence electrons. The fourth-order valence-corrected chi connectivity index (χ4v) is 2.97. The van der Waals surface area contributed by atoms with Crippen molar-refractivity contribution in [3.63, 3.8) is 0 Å². The van der Waals surface area contributed by atoms with E-state index >= 15 is 0 Å². The third-order valence-corrected chi connectivity index (χ3v) is 4.39. The molecule has 0 radical (unpaired) electrons. The van der Waals surface area contributed by atoms with Crippen molar-refractivity contribution >= 4 is 17.5 Å². The van der Waals surface area contributed by atoms with Crippen molar-refractivity contribution in [3.8, 4) is 0 Å². The first-order chi connectivity index (χ1) is 10.6. The number of aliphatic hydroxyl groups is 1. The molecule has 0 aliphatic carbocycles. The third-order valence-electron chi connectivity index (χ3n) is 4.39. The monoisotopic (exact) mass is 304 g/mol. The summed E-state index contributed by atoms with van der Waals surface area (Å²) in [4.78, 5) is 24.1. The number of amides is 2. The van der Waals surface area contributed by atoms with Gasteiger partial charge in [0.15, 0.2) is 0 Å². The van der Waals surface area contributed by atoms with E-state index in [4.69, 9.17) is 0 Å². The number of rotatable bonds is 6. The van der Waals surface area contributed by atoms with Crippen molar-refractivity contribution in [1.82, 2.24) is 5.32 Å². The van der Waals surface area contributed by atoms with Crippen molar-refractivity contribution in [1.29, 1.82) is 0 Å². The quantitative estimate of drug-likeness (QED) is 0.752. The highest BCUT2D eigenvalue weighted by molar-refractivity contribution is 6.01. The lowest BCUT2D eigenvalue weighted by Gasteiger charge is -2.26. The lowest BCUT2D eigenvalue weighted by atomic mass is 9.89. The first kappa shape index (κ1) is 16.5. The second-order valence-corrected chi connectivity index (χ2v) is 5.78. The maximum Gasteiger partial charge on any atom is 0.228 e. The minimum absolute atomic E-state index is 0.143. The molecule has 0 fully saturated rings. The summed E-state index contributed by atoms with van der Waals surface area (Å²) in [7, 11) is 0. The number of para-hydroxylation sites is 1. The molecule has 1 aromatic carbocycles. The second kappa shape index (κ2) is 7.40. The lowest BCUT2D eigenvalue weighted by molar-refractivity contribution is -0.126. The molecule has 0 saturated carbocycles. The summed E-state index contributed by atoms with van der Waals surface area (Å²) in [5.74, 6) is -0.659. The van der Waals surface area contributed by atoms with Crippen molar-refractivity contribution < 1.29 is 14.7 Å². The van der Waals surface area contributed by atoms with Gasteiger partial charge in [0.05, 0.1) is 12.0 Å². The fourth-order valence-electron chi connectivity index (χ4n) is 2.97. The Morgan fingerprint density at radius 2 is 2.05 bits per heavy atom. The average Bonchev–Trinajstić information content (AvgIpc) is 2.52. The van der Waals surface area contributed by atoms with Gasteiger partial charge in [0.2, 0.25) is 11.8 Å². The van der Waals surface area contributed by atoms with E-state index in [9.17, 15) is 14.7 Å². The van der Waals surface area contributed by atoms with E-state index in [0.717, 1.165) is 18.4 Å². The van der Waals surface area contributed by atoms with E-state index in [1.165, 1.54) is 0 Å². The van der Waals surface area contributed by atoms with Gasteiger partial charge in [0.25, 0.3) is 0 Å².